The SMILES string of the molecule is CN=C(NCCCCOCCOC)NC1CC2(CCCC2)Oc2ccccc21. The molecule has 6 nitrogen and oxygen atoms in total. The third-order valence-electron chi connectivity index (χ3n) is 5.69. The Balaban J connectivity index is 1.49. The molecular formula is C22H35N3O3. The lowest BCUT2D eigenvalue weighted by Crippen LogP contribution is -2.46. The van der Waals surface area contributed by atoms with Gasteiger partial charge in [0.05, 0.1) is 19.3 Å². The highest BCUT2D eigenvalue weighted by Gasteiger charge is 2.43. The van der Waals surface area contributed by atoms with Gasteiger partial charge in [0.2, 0.25) is 0 Å². The average molecular weight is 390 g/mol. The van der Waals surface area contributed by atoms with Crippen molar-refractivity contribution < 1.29 is 14.2 Å². The third kappa shape index (κ3) is 5.61. The topological polar surface area (TPSA) is 64.1 Å². The molecule has 156 valence electrons. The zero-order chi connectivity index (χ0) is 19.7. The number of para-hydroxylation sites is 1. The van der Waals surface area contributed by atoms with E-state index in [9.17, 15) is 0 Å². The number of benzene rings is 1. The number of ether oxygens (including phenoxy) is 3. The predicted octanol–water partition coefficient (Wildman–Crippen LogP) is 3.43. The van der Waals surface area contributed by atoms with Crippen LogP contribution in [0.2, 0.25) is 0 Å². The van der Waals surface area contributed by atoms with Crippen molar-refractivity contribution in [2.75, 3.05) is 40.5 Å². The Morgan fingerprint density at radius 1 is 1.18 bits per heavy atom. The summed E-state index contributed by atoms with van der Waals surface area (Å²) in [4.78, 5) is 4.43. The molecule has 1 unspecified atom stereocenters. The molecule has 3 rings (SSSR count). The van der Waals surface area contributed by atoms with Gasteiger partial charge in [-0.05, 0) is 44.6 Å². The zero-order valence-electron chi connectivity index (χ0n) is 17.3. The zero-order valence-corrected chi connectivity index (χ0v) is 17.3. The standard InChI is InChI=1S/C22H35N3O3/c1-23-21(24-13-7-8-14-27-16-15-26-2)25-19-17-22(11-5-6-12-22)28-20-10-4-3-9-18(19)20/h3-4,9-10,19H,5-8,11-17H2,1-2H3,(H2,23,24,25). The number of hydrogen-bond donors (Lipinski definition) is 2. The molecule has 0 amide bonds. The van der Waals surface area contributed by atoms with Crippen molar-refractivity contribution in [2.45, 2.75) is 56.6 Å². The van der Waals surface area contributed by atoms with Gasteiger partial charge in [0.1, 0.15) is 11.4 Å². The first kappa shape index (κ1) is 20.9. The Hall–Kier alpha value is -1.79. The Labute approximate surface area is 169 Å². The normalized spacial score (nSPS) is 20.6. The number of nitrogens with zero attached hydrogens (tertiary/aromatic N) is 1. The van der Waals surface area contributed by atoms with Crippen molar-refractivity contribution in [2.24, 2.45) is 4.99 Å². The molecule has 1 spiro atoms. The predicted molar refractivity (Wildman–Crippen MR) is 112 cm³/mol. The first-order chi connectivity index (χ1) is 13.8. The van der Waals surface area contributed by atoms with Crippen molar-refractivity contribution in [3.63, 3.8) is 0 Å². The molecule has 1 atom stereocenters. The first-order valence-electron chi connectivity index (χ1n) is 10.6. The molecule has 0 radical (unpaired) electrons. The van der Waals surface area contributed by atoms with Gasteiger partial charge < -0.3 is 24.8 Å². The van der Waals surface area contributed by atoms with E-state index >= 15 is 0 Å². The molecule has 6 heteroatoms. The number of rotatable bonds is 9. The number of aliphatic imine (C=N–C) groups is 1. The maximum atomic E-state index is 6.46. The van der Waals surface area contributed by atoms with Gasteiger partial charge in [0, 0.05) is 39.3 Å². The van der Waals surface area contributed by atoms with Crippen LogP contribution in [0, 0.1) is 0 Å². The monoisotopic (exact) mass is 389 g/mol. The third-order valence-corrected chi connectivity index (χ3v) is 5.69. The second-order valence-electron chi connectivity index (χ2n) is 7.74. The number of nitrogens with one attached hydrogen (secondary N) is 2. The molecule has 1 aliphatic carbocycles. The lowest BCUT2D eigenvalue weighted by atomic mass is 9.86. The second-order valence-corrected chi connectivity index (χ2v) is 7.74. The van der Waals surface area contributed by atoms with E-state index in [1.807, 2.05) is 7.05 Å². The van der Waals surface area contributed by atoms with Gasteiger partial charge in [-0.15, -0.1) is 0 Å². The first-order valence-corrected chi connectivity index (χ1v) is 10.6. The molecule has 1 heterocycles. The van der Waals surface area contributed by atoms with Crippen molar-refractivity contribution in [1.82, 2.24) is 10.6 Å². The largest absolute Gasteiger partial charge is 0.487 e. The number of hydrogen-bond acceptors (Lipinski definition) is 4. The molecule has 1 saturated carbocycles. The smallest absolute Gasteiger partial charge is 0.191 e. The van der Waals surface area contributed by atoms with Crippen molar-refractivity contribution in [1.29, 1.82) is 0 Å². The summed E-state index contributed by atoms with van der Waals surface area (Å²) in [5, 5.41) is 7.09. The van der Waals surface area contributed by atoms with Crippen LogP contribution in [0.5, 0.6) is 5.75 Å². The maximum absolute atomic E-state index is 6.46. The summed E-state index contributed by atoms with van der Waals surface area (Å²) >= 11 is 0. The molecule has 0 aromatic heterocycles. The van der Waals surface area contributed by atoms with Crippen LogP contribution >= 0.6 is 0 Å². The molecule has 2 aliphatic rings. The van der Waals surface area contributed by atoms with Crippen LogP contribution in [0.25, 0.3) is 0 Å². The fourth-order valence-corrected chi connectivity index (χ4v) is 4.21. The molecule has 0 bridgehead atoms. The minimum absolute atomic E-state index is 0.00951. The van der Waals surface area contributed by atoms with E-state index in [1.54, 1.807) is 7.11 Å². The Morgan fingerprint density at radius 2 is 2.00 bits per heavy atom. The van der Waals surface area contributed by atoms with Gasteiger partial charge in [-0.3, -0.25) is 4.99 Å². The van der Waals surface area contributed by atoms with Gasteiger partial charge in [-0.2, -0.15) is 0 Å². The van der Waals surface area contributed by atoms with E-state index in [0.717, 1.165) is 57.0 Å². The van der Waals surface area contributed by atoms with E-state index in [0.29, 0.717) is 13.2 Å². The molecule has 1 aromatic carbocycles. The van der Waals surface area contributed by atoms with Gasteiger partial charge in [-0.1, -0.05) is 18.2 Å². The highest BCUT2D eigenvalue weighted by atomic mass is 16.5. The van der Waals surface area contributed by atoms with E-state index in [2.05, 4.69) is 39.9 Å². The molecule has 28 heavy (non-hydrogen) atoms. The maximum Gasteiger partial charge on any atom is 0.191 e. The number of unbranched alkanes of at least 4 members (excludes halogenated alkanes) is 1. The van der Waals surface area contributed by atoms with Gasteiger partial charge >= 0.3 is 0 Å². The number of methoxy groups -OCH3 is 1. The van der Waals surface area contributed by atoms with Crippen LogP contribution in [-0.4, -0.2) is 52.1 Å². The summed E-state index contributed by atoms with van der Waals surface area (Å²) in [6.07, 6.45) is 7.88. The molecule has 2 N–H and O–H groups in total. The van der Waals surface area contributed by atoms with Gasteiger partial charge in [-0.25, -0.2) is 0 Å². The summed E-state index contributed by atoms with van der Waals surface area (Å²) in [6, 6.07) is 8.64. The Bertz CT molecular complexity index is 629. The Kier molecular flexibility index (Phi) is 7.98. The van der Waals surface area contributed by atoms with Gasteiger partial charge in [0.25, 0.3) is 0 Å². The van der Waals surface area contributed by atoms with Crippen molar-refractivity contribution in [3.8, 4) is 5.75 Å². The fraction of sp³-hybridized carbons (Fsp3) is 0.682. The summed E-state index contributed by atoms with van der Waals surface area (Å²) in [6.45, 7) is 2.97. The molecular weight excluding hydrogens is 354 g/mol. The van der Waals surface area contributed by atoms with E-state index in [1.165, 1.54) is 18.4 Å². The summed E-state index contributed by atoms with van der Waals surface area (Å²) in [5.41, 5.74) is 1.22. The summed E-state index contributed by atoms with van der Waals surface area (Å²) in [5.74, 6) is 1.88. The van der Waals surface area contributed by atoms with Crippen LogP contribution in [0.3, 0.4) is 0 Å². The molecule has 0 saturated heterocycles. The van der Waals surface area contributed by atoms with Crippen LogP contribution in [0.15, 0.2) is 29.3 Å². The van der Waals surface area contributed by atoms with Crippen LogP contribution in [0.1, 0.15) is 56.6 Å². The van der Waals surface area contributed by atoms with E-state index in [4.69, 9.17) is 14.2 Å². The van der Waals surface area contributed by atoms with Crippen LogP contribution < -0.4 is 15.4 Å². The molecule has 1 fully saturated rings. The quantitative estimate of drug-likeness (QED) is 0.385. The second kappa shape index (κ2) is 10.7. The number of fused-ring (bicyclic) bond motifs is 1. The van der Waals surface area contributed by atoms with Crippen LogP contribution in [0.4, 0.5) is 0 Å². The summed E-state index contributed by atoms with van der Waals surface area (Å²) < 4.78 is 16.9. The van der Waals surface area contributed by atoms with Crippen molar-refractivity contribution in [3.05, 3.63) is 29.8 Å². The van der Waals surface area contributed by atoms with E-state index in [-0.39, 0.29) is 11.6 Å². The number of guanidine groups is 1. The minimum Gasteiger partial charge on any atom is -0.487 e. The lowest BCUT2D eigenvalue weighted by Gasteiger charge is -2.40. The van der Waals surface area contributed by atoms with Crippen molar-refractivity contribution >= 4 is 5.96 Å². The fourth-order valence-electron chi connectivity index (χ4n) is 4.21. The minimum atomic E-state index is -0.00951. The summed E-state index contributed by atoms with van der Waals surface area (Å²) in [7, 11) is 3.52. The Morgan fingerprint density at radius 3 is 2.79 bits per heavy atom. The van der Waals surface area contributed by atoms with Crippen LogP contribution in [-0.2, 0) is 9.47 Å². The molecule has 1 aromatic rings. The average Bonchev–Trinajstić information content (AvgIpc) is 3.16. The molecule has 1 aliphatic heterocycles. The highest BCUT2D eigenvalue weighted by Crippen LogP contribution is 2.46. The van der Waals surface area contributed by atoms with E-state index < -0.39 is 0 Å². The van der Waals surface area contributed by atoms with Gasteiger partial charge in [0.15, 0.2) is 5.96 Å². The highest BCUT2D eigenvalue weighted by molar-refractivity contribution is 5.80. The lowest BCUT2D eigenvalue weighted by molar-refractivity contribution is 0.0396.